The number of benzene rings is 2. The van der Waals surface area contributed by atoms with Crippen LogP contribution < -0.4 is 14.8 Å². The fourth-order valence-corrected chi connectivity index (χ4v) is 2.38. The molecule has 0 saturated heterocycles. The Morgan fingerprint density at radius 1 is 1.05 bits per heavy atom. The maximum absolute atomic E-state index is 12.2. The standard InChI is InChI=1S/C15H11Cl2NO3/c16-10-3-1-2-9(6-10)15(19)18-12-8-14-13(7-11(12)17)20-4-5-21-14/h1-3,6-8H,4-5H2,(H,18,19). The summed E-state index contributed by atoms with van der Waals surface area (Å²) in [5, 5.41) is 3.62. The summed E-state index contributed by atoms with van der Waals surface area (Å²) in [5.41, 5.74) is 0.916. The van der Waals surface area contributed by atoms with Gasteiger partial charge in [-0.3, -0.25) is 4.79 Å². The summed E-state index contributed by atoms with van der Waals surface area (Å²) < 4.78 is 10.9. The average Bonchev–Trinajstić information content (AvgIpc) is 2.48. The number of fused-ring (bicyclic) bond motifs is 1. The molecular formula is C15H11Cl2NO3. The van der Waals surface area contributed by atoms with Crippen LogP contribution in [0, 0.1) is 0 Å². The van der Waals surface area contributed by atoms with Crippen LogP contribution in [0.1, 0.15) is 10.4 Å². The molecule has 4 nitrogen and oxygen atoms in total. The third kappa shape index (κ3) is 3.06. The normalized spacial score (nSPS) is 12.9. The highest BCUT2D eigenvalue weighted by molar-refractivity contribution is 6.34. The molecule has 3 rings (SSSR count). The third-order valence-electron chi connectivity index (χ3n) is 2.97. The summed E-state index contributed by atoms with van der Waals surface area (Å²) in [4.78, 5) is 12.2. The summed E-state index contributed by atoms with van der Waals surface area (Å²) in [6.45, 7) is 0.952. The summed E-state index contributed by atoms with van der Waals surface area (Å²) >= 11 is 12.0. The number of rotatable bonds is 2. The molecule has 1 aliphatic heterocycles. The molecule has 0 unspecified atom stereocenters. The molecule has 1 heterocycles. The van der Waals surface area contributed by atoms with Crippen molar-refractivity contribution < 1.29 is 14.3 Å². The van der Waals surface area contributed by atoms with Crippen LogP contribution in [-0.4, -0.2) is 19.1 Å². The van der Waals surface area contributed by atoms with Gasteiger partial charge in [-0.15, -0.1) is 0 Å². The van der Waals surface area contributed by atoms with Crippen LogP contribution in [0.5, 0.6) is 11.5 Å². The number of ether oxygens (including phenoxy) is 2. The number of carbonyl (C=O) groups is 1. The smallest absolute Gasteiger partial charge is 0.255 e. The van der Waals surface area contributed by atoms with Crippen molar-refractivity contribution in [3.05, 3.63) is 52.0 Å². The van der Waals surface area contributed by atoms with Crippen LogP contribution >= 0.6 is 23.2 Å². The van der Waals surface area contributed by atoms with Crippen molar-refractivity contribution in [2.24, 2.45) is 0 Å². The highest BCUT2D eigenvalue weighted by Crippen LogP contribution is 2.38. The van der Waals surface area contributed by atoms with E-state index in [-0.39, 0.29) is 5.91 Å². The molecule has 2 aromatic rings. The van der Waals surface area contributed by atoms with Crippen LogP contribution in [0.2, 0.25) is 10.0 Å². The summed E-state index contributed by atoms with van der Waals surface area (Å²) in [6.07, 6.45) is 0. The van der Waals surface area contributed by atoms with Gasteiger partial charge in [0.15, 0.2) is 11.5 Å². The van der Waals surface area contributed by atoms with Gasteiger partial charge in [-0.05, 0) is 18.2 Å². The van der Waals surface area contributed by atoms with E-state index in [0.29, 0.717) is 46.0 Å². The van der Waals surface area contributed by atoms with Crippen LogP contribution in [0.25, 0.3) is 0 Å². The van der Waals surface area contributed by atoms with Gasteiger partial charge in [-0.1, -0.05) is 29.3 Å². The van der Waals surface area contributed by atoms with Crippen molar-refractivity contribution in [2.75, 3.05) is 18.5 Å². The van der Waals surface area contributed by atoms with Gasteiger partial charge in [0, 0.05) is 22.7 Å². The number of halogens is 2. The molecule has 0 aromatic heterocycles. The Morgan fingerprint density at radius 2 is 1.76 bits per heavy atom. The molecule has 2 aromatic carbocycles. The Balaban J connectivity index is 1.86. The minimum Gasteiger partial charge on any atom is -0.486 e. The second kappa shape index (κ2) is 5.84. The Labute approximate surface area is 131 Å². The molecule has 0 fully saturated rings. The molecule has 1 aliphatic rings. The van der Waals surface area contributed by atoms with Crippen LogP contribution in [0.15, 0.2) is 36.4 Å². The molecule has 1 N–H and O–H groups in total. The van der Waals surface area contributed by atoms with Gasteiger partial charge in [0.25, 0.3) is 5.91 Å². The monoisotopic (exact) mass is 323 g/mol. The lowest BCUT2D eigenvalue weighted by Crippen LogP contribution is -2.16. The first-order valence-electron chi connectivity index (χ1n) is 6.29. The zero-order chi connectivity index (χ0) is 14.8. The minimum absolute atomic E-state index is 0.295. The van der Waals surface area contributed by atoms with Gasteiger partial charge in [0.05, 0.1) is 10.7 Å². The quantitative estimate of drug-likeness (QED) is 0.908. The Bertz CT molecular complexity index is 703. The fourth-order valence-electron chi connectivity index (χ4n) is 1.98. The first-order chi connectivity index (χ1) is 10.1. The van der Waals surface area contributed by atoms with E-state index in [1.54, 1.807) is 36.4 Å². The highest BCUT2D eigenvalue weighted by atomic mass is 35.5. The predicted octanol–water partition coefficient (Wildman–Crippen LogP) is 4.02. The molecule has 6 heteroatoms. The molecule has 0 atom stereocenters. The lowest BCUT2D eigenvalue weighted by atomic mass is 10.2. The zero-order valence-corrected chi connectivity index (χ0v) is 12.4. The van der Waals surface area contributed by atoms with Crippen molar-refractivity contribution in [2.45, 2.75) is 0 Å². The molecule has 0 spiro atoms. The lowest BCUT2D eigenvalue weighted by molar-refractivity contribution is 0.102. The molecule has 0 radical (unpaired) electrons. The van der Waals surface area contributed by atoms with E-state index in [1.165, 1.54) is 0 Å². The molecule has 0 saturated carbocycles. The predicted molar refractivity (Wildman–Crippen MR) is 81.8 cm³/mol. The maximum Gasteiger partial charge on any atom is 0.255 e. The van der Waals surface area contributed by atoms with E-state index in [2.05, 4.69) is 5.32 Å². The van der Waals surface area contributed by atoms with Crippen LogP contribution in [0.3, 0.4) is 0 Å². The van der Waals surface area contributed by atoms with E-state index < -0.39 is 0 Å². The summed E-state index contributed by atoms with van der Waals surface area (Å²) in [6, 6.07) is 9.96. The second-order valence-electron chi connectivity index (χ2n) is 4.44. The third-order valence-corrected chi connectivity index (χ3v) is 3.51. The van der Waals surface area contributed by atoms with Crippen molar-refractivity contribution in [1.82, 2.24) is 0 Å². The van der Waals surface area contributed by atoms with Gasteiger partial charge in [-0.2, -0.15) is 0 Å². The molecular weight excluding hydrogens is 313 g/mol. The largest absolute Gasteiger partial charge is 0.486 e. The summed E-state index contributed by atoms with van der Waals surface area (Å²) in [5.74, 6) is 0.843. The van der Waals surface area contributed by atoms with E-state index in [1.807, 2.05) is 0 Å². The van der Waals surface area contributed by atoms with Crippen molar-refractivity contribution >= 4 is 34.8 Å². The van der Waals surface area contributed by atoms with Crippen LogP contribution in [-0.2, 0) is 0 Å². The van der Waals surface area contributed by atoms with Crippen molar-refractivity contribution in [3.8, 4) is 11.5 Å². The van der Waals surface area contributed by atoms with E-state index in [4.69, 9.17) is 32.7 Å². The Morgan fingerprint density at radius 3 is 2.48 bits per heavy atom. The molecule has 108 valence electrons. The Kier molecular flexibility index (Phi) is 3.90. The van der Waals surface area contributed by atoms with Crippen molar-refractivity contribution in [3.63, 3.8) is 0 Å². The first-order valence-corrected chi connectivity index (χ1v) is 7.05. The highest BCUT2D eigenvalue weighted by Gasteiger charge is 2.17. The summed E-state index contributed by atoms with van der Waals surface area (Å²) in [7, 11) is 0. The molecule has 0 bridgehead atoms. The van der Waals surface area contributed by atoms with E-state index in [0.717, 1.165) is 0 Å². The molecule has 1 amide bonds. The van der Waals surface area contributed by atoms with Crippen LogP contribution in [0.4, 0.5) is 5.69 Å². The molecule has 0 aliphatic carbocycles. The lowest BCUT2D eigenvalue weighted by Gasteiger charge is -2.20. The Hall–Kier alpha value is -1.91. The first kappa shape index (κ1) is 14.0. The van der Waals surface area contributed by atoms with E-state index in [9.17, 15) is 4.79 Å². The minimum atomic E-state index is -0.295. The van der Waals surface area contributed by atoms with Crippen molar-refractivity contribution in [1.29, 1.82) is 0 Å². The SMILES string of the molecule is O=C(Nc1cc2c(cc1Cl)OCCO2)c1cccc(Cl)c1. The maximum atomic E-state index is 12.2. The number of hydrogen-bond acceptors (Lipinski definition) is 3. The van der Waals surface area contributed by atoms with E-state index >= 15 is 0 Å². The van der Waals surface area contributed by atoms with Gasteiger partial charge < -0.3 is 14.8 Å². The van der Waals surface area contributed by atoms with Gasteiger partial charge in [-0.25, -0.2) is 0 Å². The number of amides is 1. The average molecular weight is 324 g/mol. The van der Waals surface area contributed by atoms with Gasteiger partial charge in [0.2, 0.25) is 0 Å². The number of hydrogen-bond donors (Lipinski definition) is 1. The zero-order valence-electron chi connectivity index (χ0n) is 10.9. The second-order valence-corrected chi connectivity index (χ2v) is 5.28. The van der Waals surface area contributed by atoms with Gasteiger partial charge in [0.1, 0.15) is 13.2 Å². The number of anilines is 1. The number of carbonyl (C=O) groups excluding carboxylic acids is 1. The van der Waals surface area contributed by atoms with Gasteiger partial charge >= 0.3 is 0 Å². The topological polar surface area (TPSA) is 47.6 Å². The fraction of sp³-hybridized carbons (Fsp3) is 0.133. The number of nitrogens with one attached hydrogen (secondary N) is 1. The molecule has 21 heavy (non-hydrogen) atoms.